The molecule has 0 saturated heterocycles. The predicted molar refractivity (Wildman–Crippen MR) is 136 cm³/mol. The highest BCUT2D eigenvalue weighted by molar-refractivity contribution is 7.86. The van der Waals surface area contributed by atoms with Crippen molar-refractivity contribution in [1.29, 1.82) is 0 Å². The fourth-order valence-corrected chi connectivity index (χ4v) is 3.49. The van der Waals surface area contributed by atoms with Crippen LogP contribution in [0, 0.1) is 0 Å². The number of hydrogen-bond acceptors (Lipinski definition) is 14. The molecule has 0 spiro atoms. The molecule has 220 valence electrons. The van der Waals surface area contributed by atoms with Gasteiger partial charge in [-0.05, 0) is 0 Å². The Bertz CT molecular complexity index is 981. The second kappa shape index (κ2) is 18.4. The van der Waals surface area contributed by atoms with Gasteiger partial charge in [-0.3, -0.25) is 23.0 Å². The van der Waals surface area contributed by atoms with Crippen molar-refractivity contribution in [3.05, 3.63) is 23.5 Å². The van der Waals surface area contributed by atoms with Gasteiger partial charge >= 0.3 is 5.97 Å². The highest BCUT2D eigenvalue weighted by Crippen LogP contribution is 2.17. The number of carbonyl (C=O) groups is 1. The summed E-state index contributed by atoms with van der Waals surface area (Å²) in [6, 6.07) is 2.97. The van der Waals surface area contributed by atoms with Crippen LogP contribution in [0.1, 0.15) is 17.8 Å². The molecule has 0 aliphatic rings. The summed E-state index contributed by atoms with van der Waals surface area (Å²) in [4.78, 5) is 17.7. The van der Waals surface area contributed by atoms with Crippen molar-refractivity contribution in [2.45, 2.75) is 19.6 Å². The van der Waals surface area contributed by atoms with Crippen LogP contribution in [0.25, 0.3) is 0 Å². The minimum absolute atomic E-state index is 0.186. The molecule has 0 saturated carbocycles. The first-order chi connectivity index (χ1) is 17.9. The van der Waals surface area contributed by atoms with E-state index in [4.69, 9.17) is 32.1 Å². The molecule has 0 fully saturated rings. The van der Waals surface area contributed by atoms with E-state index in [1.807, 2.05) is 4.90 Å². The van der Waals surface area contributed by atoms with Crippen molar-refractivity contribution < 1.29 is 53.7 Å². The number of rotatable bonds is 22. The van der Waals surface area contributed by atoms with E-state index in [1.165, 1.54) is 19.2 Å². The molecule has 0 radical (unpaired) electrons. The topological polar surface area (TPSA) is 166 Å². The van der Waals surface area contributed by atoms with Crippen molar-refractivity contribution in [3.63, 3.8) is 0 Å². The third-order valence-corrected chi connectivity index (χ3v) is 5.73. The zero-order valence-electron chi connectivity index (χ0n) is 22.2. The van der Waals surface area contributed by atoms with Crippen molar-refractivity contribution in [3.8, 4) is 5.75 Å². The zero-order chi connectivity index (χ0) is 28.4. The van der Waals surface area contributed by atoms with Gasteiger partial charge < -0.3 is 23.7 Å². The van der Waals surface area contributed by atoms with Crippen LogP contribution in [0.4, 0.5) is 0 Å². The molecule has 38 heavy (non-hydrogen) atoms. The summed E-state index contributed by atoms with van der Waals surface area (Å²) in [5, 5.41) is 0. The Labute approximate surface area is 224 Å². The number of ether oxygens (including phenoxy) is 5. The molecule has 0 bridgehead atoms. The Morgan fingerprint density at radius 1 is 0.789 bits per heavy atom. The Hall–Kier alpha value is -1.92. The average Bonchev–Trinajstić information content (AvgIpc) is 2.84. The Kier molecular flexibility index (Phi) is 16.5. The molecule has 1 rings (SSSR count). The first-order valence-corrected chi connectivity index (χ1v) is 15.3. The lowest BCUT2D eigenvalue weighted by atomic mass is 10.3. The van der Waals surface area contributed by atoms with Crippen LogP contribution in [0.3, 0.4) is 0 Å². The summed E-state index contributed by atoms with van der Waals surface area (Å²) in [5.74, 6) is -0.0277. The van der Waals surface area contributed by atoms with E-state index >= 15 is 0 Å². The standard InChI is InChI=1S/C22H38N2O12S2/c1-30-11-12-33-14-13-32-9-7-24(6-5-22(25)31-2)8-10-34-21-15-19(17-35-37(3,26)27)23-20(16-21)18-36-38(4,28)29/h15-16H,5-14,17-18H2,1-4H3. The summed E-state index contributed by atoms with van der Waals surface area (Å²) in [7, 11) is -4.53. The lowest BCUT2D eigenvalue weighted by Crippen LogP contribution is -2.34. The van der Waals surface area contributed by atoms with Gasteiger partial charge in [0.05, 0.1) is 70.5 Å². The second-order valence-corrected chi connectivity index (χ2v) is 11.2. The van der Waals surface area contributed by atoms with Gasteiger partial charge in [0.25, 0.3) is 20.2 Å². The number of pyridine rings is 1. The lowest BCUT2D eigenvalue weighted by molar-refractivity contribution is -0.141. The number of aromatic nitrogens is 1. The van der Waals surface area contributed by atoms with Gasteiger partial charge in [0.15, 0.2) is 0 Å². The highest BCUT2D eigenvalue weighted by atomic mass is 32.2. The van der Waals surface area contributed by atoms with Gasteiger partial charge in [-0.1, -0.05) is 0 Å². The van der Waals surface area contributed by atoms with E-state index in [-0.39, 0.29) is 43.6 Å². The molecule has 0 aliphatic heterocycles. The largest absolute Gasteiger partial charge is 0.492 e. The summed E-state index contributed by atoms with van der Waals surface area (Å²) < 4.78 is 81.3. The third-order valence-electron chi connectivity index (χ3n) is 4.64. The zero-order valence-corrected chi connectivity index (χ0v) is 23.9. The summed E-state index contributed by atoms with van der Waals surface area (Å²) in [5.41, 5.74) is 0.424. The molecule has 0 N–H and O–H groups in total. The highest BCUT2D eigenvalue weighted by Gasteiger charge is 2.12. The van der Waals surface area contributed by atoms with E-state index in [1.54, 1.807) is 7.11 Å². The molecule has 1 aromatic heterocycles. The maximum Gasteiger partial charge on any atom is 0.306 e. The first-order valence-electron chi connectivity index (χ1n) is 11.7. The third kappa shape index (κ3) is 18.4. The van der Waals surface area contributed by atoms with Gasteiger partial charge in [0.2, 0.25) is 0 Å². The Morgan fingerprint density at radius 3 is 1.84 bits per heavy atom. The van der Waals surface area contributed by atoms with Gasteiger partial charge in [-0.15, -0.1) is 0 Å². The normalized spacial score (nSPS) is 12.1. The fourth-order valence-electron chi connectivity index (χ4n) is 2.82. The average molecular weight is 587 g/mol. The summed E-state index contributed by atoms with van der Waals surface area (Å²) in [6.45, 7) is 3.10. The molecule has 0 atom stereocenters. The first kappa shape index (κ1) is 34.1. The molecule has 0 aliphatic carbocycles. The SMILES string of the molecule is COCCOCCOCCN(CCOc1cc(COS(C)(=O)=O)nc(COS(C)(=O)=O)c1)CCC(=O)OC. The van der Waals surface area contributed by atoms with Crippen molar-refractivity contribution in [1.82, 2.24) is 9.88 Å². The number of nitrogens with zero attached hydrogens (tertiary/aromatic N) is 2. The van der Waals surface area contributed by atoms with Crippen molar-refractivity contribution in [2.24, 2.45) is 0 Å². The molecule has 14 nitrogen and oxygen atoms in total. The number of carbonyl (C=O) groups excluding carboxylic acids is 1. The van der Waals surface area contributed by atoms with Crippen LogP contribution in [0.15, 0.2) is 12.1 Å². The predicted octanol–water partition coefficient (Wildman–Crippen LogP) is -0.0425. The van der Waals surface area contributed by atoms with E-state index in [0.29, 0.717) is 58.4 Å². The van der Waals surface area contributed by atoms with Crippen LogP contribution in [0.5, 0.6) is 5.75 Å². The maximum absolute atomic E-state index is 11.6. The van der Waals surface area contributed by atoms with E-state index in [2.05, 4.69) is 4.98 Å². The molecule has 16 heteroatoms. The van der Waals surface area contributed by atoms with E-state index in [0.717, 1.165) is 12.5 Å². The van der Waals surface area contributed by atoms with Crippen LogP contribution in [0.2, 0.25) is 0 Å². The van der Waals surface area contributed by atoms with Gasteiger partial charge in [0.1, 0.15) is 25.6 Å². The summed E-state index contributed by atoms with van der Waals surface area (Å²) in [6.07, 6.45) is 2.00. The smallest absolute Gasteiger partial charge is 0.306 e. The minimum atomic E-state index is -3.72. The van der Waals surface area contributed by atoms with Gasteiger partial charge in [-0.25, -0.2) is 0 Å². The lowest BCUT2D eigenvalue weighted by Gasteiger charge is -2.22. The minimum Gasteiger partial charge on any atom is -0.492 e. The molecule has 1 heterocycles. The van der Waals surface area contributed by atoms with Gasteiger partial charge in [0, 0.05) is 38.9 Å². The monoisotopic (exact) mass is 586 g/mol. The van der Waals surface area contributed by atoms with Crippen LogP contribution < -0.4 is 4.74 Å². The van der Waals surface area contributed by atoms with Crippen molar-refractivity contribution >= 4 is 26.2 Å². The van der Waals surface area contributed by atoms with Gasteiger partial charge in [-0.2, -0.15) is 16.8 Å². The number of methoxy groups -OCH3 is 2. The number of esters is 1. The van der Waals surface area contributed by atoms with Crippen LogP contribution >= 0.6 is 0 Å². The van der Waals surface area contributed by atoms with E-state index < -0.39 is 20.2 Å². The van der Waals surface area contributed by atoms with Crippen LogP contribution in [-0.4, -0.2) is 119 Å². The molecular formula is C22H38N2O12S2. The molecule has 1 aromatic rings. The fraction of sp³-hybridized carbons (Fsp3) is 0.727. The van der Waals surface area contributed by atoms with Crippen LogP contribution in [-0.2, 0) is 65.6 Å². The summed E-state index contributed by atoms with van der Waals surface area (Å²) >= 11 is 0. The number of hydrogen-bond donors (Lipinski definition) is 0. The Balaban J connectivity index is 2.72. The molecule has 0 aromatic carbocycles. The maximum atomic E-state index is 11.6. The quantitative estimate of drug-likeness (QED) is 0.101. The molecule has 0 amide bonds. The van der Waals surface area contributed by atoms with E-state index in [9.17, 15) is 21.6 Å². The molecule has 0 unspecified atom stereocenters. The molecular weight excluding hydrogens is 548 g/mol. The Morgan fingerprint density at radius 2 is 1.32 bits per heavy atom. The van der Waals surface area contributed by atoms with Crippen molar-refractivity contribution in [2.75, 3.05) is 86.0 Å². The second-order valence-electron chi connectivity index (χ2n) is 7.95.